The second-order valence-electron chi connectivity index (χ2n) is 2.82. The van der Waals surface area contributed by atoms with Crippen LogP contribution in [0, 0.1) is 6.58 Å². The Kier molecular flexibility index (Phi) is 1.18. The maximum absolute atomic E-state index is 5.78. The highest BCUT2D eigenvalue weighted by atomic mass is 14.2. The lowest BCUT2D eigenvalue weighted by Gasteiger charge is -2.01. The van der Waals surface area contributed by atoms with Gasteiger partial charge in [0.25, 0.3) is 0 Å². The molecule has 52 valence electrons. The summed E-state index contributed by atoms with van der Waals surface area (Å²) in [5.41, 5.74) is 4.34. The Morgan fingerprint density at radius 1 is 1.27 bits per heavy atom. The third-order valence-corrected chi connectivity index (χ3v) is 2.05. The van der Waals surface area contributed by atoms with E-state index in [1.165, 1.54) is 5.57 Å². The highest BCUT2D eigenvalue weighted by Crippen LogP contribution is 2.34. The van der Waals surface area contributed by atoms with Crippen molar-refractivity contribution in [1.29, 1.82) is 0 Å². The second-order valence-corrected chi connectivity index (χ2v) is 2.82. The molecule has 2 aliphatic rings. The minimum Gasteiger partial charge on any atom is -0.0776 e. The summed E-state index contributed by atoms with van der Waals surface area (Å²) in [7, 11) is 0. The molecule has 2 rings (SSSR count). The quantitative estimate of drug-likeness (QED) is 0.455. The molecule has 0 atom stereocenters. The van der Waals surface area contributed by atoms with Crippen molar-refractivity contribution in [3.63, 3.8) is 0 Å². The van der Waals surface area contributed by atoms with Crippen molar-refractivity contribution in [3.8, 4) is 0 Å². The molecule has 0 aromatic rings. The Morgan fingerprint density at radius 3 is 2.82 bits per heavy atom. The molecular formula is C11H9+. The monoisotopic (exact) mass is 141 g/mol. The van der Waals surface area contributed by atoms with Crippen LogP contribution < -0.4 is 0 Å². The molecule has 0 radical (unpaired) electrons. The molecule has 0 aliphatic heterocycles. The summed E-state index contributed by atoms with van der Waals surface area (Å²) in [5.74, 6) is 0. The van der Waals surface area contributed by atoms with Gasteiger partial charge in [0.05, 0.1) is 6.08 Å². The molecule has 0 heteroatoms. The van der Waals surface area contributed by atoms with Gasteiger partial charge in [-0.3, -0.25) is 0 Å². The van der Waals surface area contributed by atoms with Gasteiger partial charge in [-0.15, -0.1) is 0 Å². The number of hydrogen-bond donors (Lipinski definition) is 0. The molecule has 0 bridgehead atoms. The number of allylic oxidation sites excluding steroid dienone is 8. The predicted octanol–water partition coefficient (Wildman–Crippen LogP) is 2.73. The van der Waals surface area contributed by atoms with Gasteiger partial charge in [-0.05, 0) is 18.2 Å². The summed E-state index contributed by atoms with van der Waals surface area (Å²) in [5, 5.41) is 0. The van der Waals surface area contributed by atoms with Crippen molar-refractivity contribution >= 4 is 0 Å². The number of hydrogen-bond acceptors (Lipinski definition) is 0. The maximum atomic E-state index is 5.78. The fourth-order valence-corrected chi connectivity index (χ4v) is 1.51. The van der Waals surface area contributed by atoms with Gasteiger partial charge in [0.1, 0.15) is 5.57 Å². The van der Waals surface area contributed by atoms with Crippen LogP contribution >= 0.6 is 0 Å². The molecule has 0 saturated heterocycles. The molecule has 2 aliphatic carbocycles. The van der Waals surface area contributed by atoms with E-state index in [0.29, 0.717) is 0 Å². The summed E-state index contributed by atoms with van der Waals surface area (Å²) in [4.78, 5) is 0. The van der Waals surface area contributed by atoms with Crippen molar-refractivity contribution in [2.75, 3.05) is 0 Å². The Labute approximate surface area is 66.9 Å². The van der Waals surface area contributed by atoms with Crippen LogP contribution in [0.4, 0.5) is 0 Å². The van der Waals surface area contributed by atoms with E-state index in [0.717, 1.165) is 23.1 Å². The zero-order chi connectivity index (χ0) is 7.84. The van der Waals surface area contributed by atoms with E-state index in [9.17, 15) is 0 Å². The summed E-state index contributed by atoms with van der Waals surface area (Å²) in [6, 6.07) is 0. The largest absolute Gasteiger partial charge is 0.188 e. The lowest BCUT2D eigenvalue weighted by molar-refractivity contribution is 1.22. The topological polar surface area (TPSA) is 0 Å². The Bertz CT molecular complexity index is 322. The van der Waals surface area contributed by atoms with Gasteiger partial charge in [-0.25, -0.2) is 0 Å². The summed E-state index contributed by atoms with van der Waals surface area (Å²) in [6.45, 7) is 9.69. The standard InChI is InChI=1S/C11H9/c1-8-4-3-5-10-7-6-9(2)11(8)10/h1,3-4,6-7H,2,5H2/q+1. The van der Waals surface area contributed by atoms with Crippen molar-refractivity contribution < 1.29 is 0 Å². The first-order valence-corrected chi connectivity index (χ1v) is 3.69. The lowest BCUT2D eigenvalue weighted by Crippen LogP contribution is -1.92. The van der Waals surface area contributed by atoms with Crippen LogP contribution in [0.5, 0.6) is 0 Å². The average Bonchev–Trinajstić information content (AvgIpc) is 2.34. The molecular weight excluding hydrogens is 132 g/mol. The average molecular weight is 141 g/mol. The Hall–Kier alpha value is -1.39. The fourth-order valence-electron chi connectivity index (χ4n) is 1.51. The molecule has 0 unspecified atom stereocenters. The molecule has 0 aromatic carbocycles. The van der Waals surface area contributed by atoms with Gasteiger partial charge in [-0.2, -0.15) is 0 Å². The third kappa shape index (κ3) is 0.806. The molecule has 0 saturated carbocycles. The molecule has 0 amide bonds. The lowest BCUT2D eigenvalue weighted by atomic mass is 9.94. The van der Waals surface area contributed by atoms with Crippen LogP contribution in [-0.2, 0) is 0 Å². The Morgan fingerprint density at radius 2 is 2.09 bits per heavy atom. The Balaban J connectivity index is 2.51. The van der Waals surface area contributed by atoms with E-state index in [2.05, 4.69) is 18.7 Å². The first-order chi connectivity index (χ1) is 5.29. The van der Waals surface area contributed by atoms with E-state index < -0.39 is 0 Å². The van der Waals surface area contributed by atoms with Gasteiger partial charge < -0.3 is 0 Å². The maximum Gasteiger partial charge on any atom is 0.188 e. The van der Waals surface area contributed by atoms with Crippen LogP contribution in [-0.4, -0.2) is 0 Å². The van der Waals surface area contributed by atoms with Gasteiger partial charge in [0.2, 0.25) is 0 Å². The molecule has 0 nitrogen and oxygen atoms in total. The van der Waals surface area contributed by atoms with Crippen molar-refractivity contribution in [1.82, 2.24) is 0 Å². The second kappa shape index (κ2) is 2.05. The third-order valence-electron chi connectivity index (χ3n) is 2.05. The predicted molar refractivity (Wildman–Crippen MR) is 46.9 cm³/mol. The van der Waals surface area contributed by atoms with Crippen molar-refractivity contribution in [2.45, 2.75) is 6.42 Å². The first-order valence-electron chi connectivity index (χ1n) is 3.69. The first kappa shape index (κ1) is 6.33. The summed E-state index contributed by atoms with van der Waals surface area (Å²) >= 11 is 0. The van der Waals surface area contributed by atoms with Crippen LogP contribution in [0.25, 0.3) is 0 Å². The molecule has 11 heavy (non-hydrogen) atoms. The van der Waals surface area contributed by atoms with Crippen molar-refractivity contribution in [2.24, 2.45) is 0 Å². The van der Waals surface area contributed by atoms with E-state index in [4.69, 9.17) is 6.58 Å². The fraction of sp³-hybridized carbons (Fsp3) is 0.0909. The molecule has 0 fully saturated rings. The normalized spacial score (nSPS) is 21.4. The minimum absolute atomic E-state index is 0.848. The van der Waals surface area contributed by atoms with Gasteiger partial charge >= 0.3 is 0 Å². The summed E-state index contributed by atoms with van der Waals surface area (Å²) < 4.78 is 0. The van der Waals surface area contributed by atoms with Gasteiger partial charge in [-0.1, -0.05) is 6.58 Å². The molecule has 0 heterocycles. The number of rotatable bonds is 0. The highest BCUT2D eigenvalue weighted by molar-refractivity contribution is 5.64. The van der Waals surface area contributed by atoms with Gasteiger partial charge in [0.15, 0.2) is 5.57 Å². The van der Waals surface area contributed by atoms with Gasteiger partial charge in [0, 0.05) is 24.1 Å². The molecule has 0 N–H and O–H groups in total. The van der Waals surface area contributed by atoms with Crippen LogP contribution in [0.15, 0.2) is 53.2 Å². The zero-order valence-corrected chi connectivity index (χ0v) is 6.30. The van der Waals surface area contributed by atoms with Crippen LogP contribution in [0.1, 0.15) is 6.42 Å². The molecule has 0 aromatic heterocycles. The van der Waals surface area contributed by atoms with Crippen molar-refractivity contribution in [3.05, 3.63) is 59.8 Å². The van der Waals surface area contributed by atoms with E-state index in [-0.39, 0.29) is 0 Å². The summed E-state index contributed by atoms with van der Waals surface area (Å²) in [6.07, 6.45) is 9.14. The minimum atomic E-state index is 0.848. The smallest absolute Gasteiger partial charge is 0.0776 e. The van der Waals surface area contributed by atoms with Crippen LogP contribution in [0.2, 0.25) is 0 Å². The highest BCUT2D eigenvalue weighted by Gasteiger charge is 2.24. The SMILES string of the molecule is [CH+]=C1C=CCC2=C1C(=C)C=C2. The van der Waals surface area contributed by atoms with Crippen LogP contribution in [0.3, 0.4) is 0 Å². The van der Waals surface area contributed by atoms with E-state index >= 15 is 0 Å². The van der Waals surface area contributed by atoms with E-state index in [1.807, 2.05) is 12.2 Å². The molecule has 0 spiro atoms. The zero-order valence-electron chi connectivity index (χ0n) is 6.30. The van der Waals surface area contributed by atoms with E-state index in [1.54, 1.807) is 0 Å².